The van der Waals surface area contributed by atoms with Crippen molar-refractivity contribution in [3.63, 3.8) is 0 Å². The third-order valence-electron chi connectivity index (χ3n) is 10.2. The normalized spacial score (nSPS) is 12.8. The molecule has 0 amide bonds. The van der Waals surface area contributed by atoms with Crippen LogP contribution < -0.4 is 10.6 Å². The summed E-state index contributed by atoms with van der Waals surface area (Å²) in [6.07, 6.45) is 0. The Morgan fingerprint density at radius 1 is 0.481 bits per heavy atom. The van der Waals surface area contributed by atoms with Crippen LogP contribution in [0.25, 0.3) is 78.2 Å². The number of furan rings is 1. The number of hydrogen-bond acceptors (Lipinski definition) is 2. The monoisotopic (exact) mass is 667 g/mol. The van der Waals surface area contributed by atoms with Crippen molar-refractivity contribution in [2.45, 2.75) is 6.92 Å². The first-order chi connectivity index (χ1) is 25.6. The van der Waals surface area contributed by atoms with Crippen LogP contribution in [0.15, 0.2) is 179 Å². The molecule has 0 saturated heterocycles. The molecule has 4 heteroatoms. The van der Waals surface area contributed by atoms with E-state index in [2.05, 4.69) is 149 Å². The Hall–Kier alpha value is -6.91. The van der Waals surface area contributed by atoms with Gasteiger partial charge in [0.05, 0.1) is 22.1 Å². The number of rotatable bonds is 5. The predicted octanol–water partition coefficient (Wildman–Crippen LogP) is 10.7. The number of fused-ring (bicyclic) bond motifs is 7. The Morgan fingerprint density at radius 2 is 1.00 bits per heavy atom. The average molecular weight is 668 g/mol. The molecule has 0 atom stereocenters. The lowest BCUT2D eigenvalue weighted by atomic mass is 10.1. The Bertz CT molecular complexity index is 3130. The molecule has 0 N–H and O–H groups in total. The van der Waals surface area contributed by atoms with Gasteiger partial charge in [0.25, 0.3) is 0 Å². The number of hydrogen-bond donors (Lipinski definition) is 0. The Morgan fingerprint density at radius 3 is 1.62 bits per heavy atom. The highest BCUT2D eigenvalue weighted by Crippen LogP contribution is 2.39. The van der Waals surface area contributed by atoms with Crippen LogP contribution in [0.3, 0.4) is 0 Å². The number of benzene rings is 7. The van der Waals surface area contributed by atoms with Gasteiger partial charge in [-0.2, -0.15) is 0 Å². The summed E-state index contributed by atoms with van der Waals surface area (Å²) in [4.78, 5) is 5.17. The molecule has 4 nitrogen and oxygen atoms in total. The third kappa shape index (κ3) is 4.65. The predicted molar refractivity (Wildman–Crippen MR) is 217 cm³/mol. The summed E-state index contributed by atoms with van der Waals surface area (Å²) >= 11 is 0. The maximum Gasteiger partial charge on any atom is 0.161 e. The minimum atomic E-state index is 0.672. The van der Waals surface area contributed by atoms with Crippen LogP contribution in [0.2, 0.25) is 0 Å². The van der Waals surface area contributed by atoms with Crippen LogP contribution >= 0.6 is 0 Å². The Balaban J connectivity index is 1.24. The summed E-state index contributed by atoms with van der Waals surface area (Å²) in [5.41, 5.74) is 12.0. The van der Waals surface area contributed by atoms with Crippen LogP contribution in [0.4, 0.5) is 0 Å². The first kappa shape index (κ1) is 30.0. The van der Waals surface area contributed by atoms with E-state index in [0.717, 1.165) is 61.1 Å². The highest BCUT2D eigenvalue weighted by atomic mass is 16.3. The first-order valence-electron chi connectivity index (χ1n) is 17.6. The number of nitrogens with zero attached hydrogens (tertiary/aromatic N) is 3. The summed E-state index contributed by atoms with van der Waals surface area (Å²) in [5, 5.41) is 6.63. The molecule has 0 bridgehead atoms. The van der Waals surface area contributed by atoms with Crippen LogP contribution in [0.5, 0.6) is 0 Å². The maximum absolute atomic E-state index is 6.63. The topological polar surface area (TPSA) is 35.4 Å². The molecule has 52 heavy (non-hydrogen) atoms. The van der Waals surface area contributed by atoms with E-state index < -0.39 is 0 Å². The SMILES string of the molecule is C=c1/c(=C(\N=C(C)c2ccccc2)c2ccccc2)oc2ccc(-n3c4ccccc4c4cc5c(cc43)c3ccccc3n5-c3ccccc3)cc12. The summed E-state index contributed by atoms with van der Waals surface area (Å²) in [7, 11) is 0. The number of aliphatic imine (C=N–C) groups is 1. The van der Waals surface area contributed by atoms with Gasteiger partial charge in [-0.3, -0.25) is 0 Å². The zero-order valence-electron chi connectivity index (χ0n) is 28.6. The van der Waals surface area contributed by atoms with Crippen LogP contribution in [0.1, 0.15) is 18.1 Å². The van der Waals surface area contributed by atoms with E-state index in [1.54, 1.807) is 0 Å². The van der Waals surface area contributed by atoms with Gasteiger partial charge in [-0.25, -0.2) is 4.99 Å². The zero-order chi connectivity index (χ0) is 34.8. The van der Waals surface area contributed by atoms with Gasteiger partial charge in [0.2, 0.25) is 0 Å². The molecule has 0 radical (unpaired) electrons. The molecule has 0 aliphatic heterocycles. The lowest BCUT2D eigenvalue weighted by molar-refractivity contribution is 0.572. The van der Waals surface area contributed by atoms with E-state index in [-0.39, 0.29) is 0 Å². The largest absolute Gasteiger partial charge is 0.454 e. The molecule has 0 saturated carbocycles. The number of aromatic nitrogens is 2. The second-order valence-electron chi connectivity index (χ2n) is 13.3. The van der Waals surface area contributed by atoms with Crippen molar-refractivity contribution < 1.29 is 4.42 Å². The standard InChI is InChI=1S/C48H33N3O/c1-31-39-28-36(26-27-46(39)52-48(31)47(34-18-8-4-9-19-34)49-32(2)33-16-6-3-7-17-33)51-43-25-15-13-23-38(43)41-29-44-40(30-45(41)51)37-22-12-14-24-42(37)50(44)35-20-10-5-11-21-35/h3-30H,1H2,2H3/b48-47+,49-32?. The Labute approximate surface area is 300 Å². The van der Waals surface area contributed by atoms with E-state index in [9.17, 15) is 0 Å². The molecule has 3 aromatic heterocycles. The smallest absolute Gasteiger partial charge is 0.161 e. The van der Waals surface area contributed by atoms with Crippen molar-refractivity contribution in [3.8, 4) is 11.4 Å². The second kappa shape index (κ2) is 11.9. The van der Waals surface area contributed by atoms with E-state index in [4.69, 9.17) is 9.41 Å². The van der Waals surface area contributed by atoms with Gasteiger partial charge in [-0.15, -0.1) is 0 Å². The molecule has 10 aromatic rings. The summed E-state index contributed by atoms with van der Waals surface area (Å²) in [6, 6.07) is 59.6. The molecule has 7 aromatic carbocycles. The molecular weight excluding hydrogens is 635 g/mol. The molecule has 0 fully saturated rings. The highest BCUT2D eigenvalue weighted by molar-refractivity contribution is 6.19. The zero-order valence-corrected chi connectivity index (χ0v) is 28.6. The van der Waals surface area contributed by atoms with Crippen LogP contribution in [-0.4, -0.2) is 14.8 Å². The molecule has 0 unspecified atom stereocenters. The van der Waals surface area contributed by atoms with Crippen LogP contribution in [-0.2, 0) is 0 Å². The fourth-order valence-electron chi connectivity index (χ4n) is 7.79. The van der Waals surface area contributed by atoms with Gasteiger partial charge < -0.3 is 13.6 Å². The van der Waals surface area contributed by atoms with Crippen molar-refractivity contribution >= 4 is 72.6 Å². The summed E-state index contributed by atoms with van der Waals surface area (Å²) in [6.45, 7) is 6.63. The van der Waals surface area contributed by atoms with Gasteiger partial charge in [0.15, 0.2) is 5.42 Å². The van der Waals surface area contributed by atoms with E-state index in [1.807, 2.05) is 43.3 Å². The van der Waals surface area contributed by atoms with Crippen molar-refractivity contribution in [1.29, 1.82) is 0 Å². The first-order valence-corrected chi connectivity index (χ1v) is 17.6. The van der Waals surface area contributed by atoms with E-state index in [0.29, 0.717) is 5.42 Å². The second-order valence-corrected chi connectivity index (χ2v) is 13.3. The van der Waals surface area contributed by atoms with E-state index in [1.165, 1.54) is 32.6 Å². The van der Waals surface area contributed by atoms with Gasteiger partial charge in [0, 0.05) is 54.8 Å². The Kier molecular flexibility index (Phi) is 6.83. The summed E-state index contributed by atoms with van der Waals surface area (Å²) in [5.74, 6) is 0. The van der Waals surface area contributed by atoms with Gasteiger partial charge in [0.1, 0.15) is 11.3 Å². The van der Waals surface area contributed by atoms with Crippen molar-refractivity contribution in [1.82, 2.24) is 9.13 Å². The minimum Gasteiger partial charge on any atom is -0.454 e. The highest BCUT2D eigenvalue weighted by Gasteiger charge is 2.19. The average Bonchev–Trinajstić information content (AvgIpc) is 3.83. The minimum absolute atomic E-state index is 0.672. The molecule has 0 aliphatic carbocycles. The van der Waals surface area contributed by atoms with Gasteiger partial charge >= 0.3 is 0 Å². The fourth-order valence-corrected chi connectivity index (χ4v) is 7.79. The quantitative estimate of drug-likeness (QED) is 0.168. The van der Waals surface area contributed by atoms with Gasteiger partial charge in [-0.05, 0) is 67.1 Å². The van der Waals surface area contributed by atoms with Crippen molar-refractivity contribution in [3.05, 3.63) is 192 Å². The van der Waals surface area contributed by atoms with Crippen molar-refractivity contribution in [2.75, 3.05) is 0 Å². The third-order valence-corrected chi connectivity index (χ3v) is 10.2. The maximum atomic E-state index is 6.63. The molecular formula is C48H33N3O. The molecule has 10 rings (SSSR count). The van der Waals surface area contributed by atoms with Gasteiger partial charge in [-0.1, -0.05) is 122 Å². The molecule has 0 spiro atoms. The molecule has 3 heterocycles. The summed E-state index contributed by atoms with van der Waals surface area (Å²) < 4.78 is 11.4. The lowest BCUT2D eigenvalue weighted by Crippen LogP contribution is -2.22. The lowest BCUT2D eigenvalue weighted by Gasteiger charge is -2.09. The number of para-hydroxylation sites is 3. The molecule has 246 valence electrons. The molecule has 0 aliphatic rings. The van der Waals surface area contributed by atoms with E-state index >= 15 is 0 Å². The van der Waals surface area contributed by atoms with Crippen LogP contribution in [0, 0.1) is 0 Å². The van der Waals surface area contributed by atoms with Crippen molar-refractivity contribution in [2.24, 2.45) is 4.99 Å². The fraction of sp³-hybridized carbons (Fsp3) is 0.0208.